The van der Waals surface area contributed by atoms with E-state index in [1.807, 2.05) is 0 Å². The largest absolute Gasteiger partial charge is 0.354 e. The summed E-state index contributed by atoms with van der Waals surface area (Å²) in [4.78, 5) is 13.8. The van der Waals surface area contributed by atoms with Crippen molar-refractivity contribution in [3.63, 3.8) is 0 Å². The molecule has 0 aromatic heterocycles. The van der Waals surface area contributed by atoms with Gasteiger partial charge in [0.15, 0.2) is 0 Å². The molecule has 0 aromatic carbocycles. The molecule has 2 atom stereocenters. The number of carbonyl (C=O) groups excluding carboxylic acids is 1. The molecular formula is C12H25N3O. The van der Waals surface area contributed by atoms with Crippen LogP contribution in [0.3, 0.4) is 0 Å². The third kappa shape index (κ3) is 4.10. The average Bonchev–Trinajstić information content (AvgIpc) is 2.26. The summed E-state index contributed by atoms with van der Waals surface area (Å²) >= 11 is 0. The standard InChI is InChI=1S/C12H25N3O/c1-9(2)15-6-4-5-11(8-15)7-14-12(16)10(3)13/h9-11H,4-8,13H2,1-3H3,(H,14,16). The van der Waals surface area contributed by atoms with Gasteiger partial charge in [0.05, 0.1) is 6.04 Å². The lowest BCUT2D eigenvalue weighted by Gasteiger charge is -2.35. The highest BCUT2D eigenvalue weighted by Gasteiger charge is 2.22. The predicted octanol–water partition coefficient (Wildman–Crippen LogP) is 0.570. The summed E-state index contributed by atoms with van der Waals surface area (Å²) in [5.41, 5.74) is 5.50. The van der Waals surface area contributed by atoms with Gasteiger partial charge in [-0.05, 0) is 46.1 Å². The minimum atomic E-state index is -0.398. The highest BCUT2D eigenvalue weighted by atomic mass is 16.2. The maximum Gasteiger partial charge on any atom is 0.236 e. The van der Waals surface area contributed by atoms with Gasteiger partial charge in [0, 0.05) is 19.1 Å². The van der Waals surface area contributed by atoms with Gasteiger partial charge in [-0.25, -0.2) is 0 Å². The molecule has 0 saturated carbocycles. The topological polar surface area (TPSA) is 58.4 Å². The van der Waals surface area contributed by atoms with Gasteiger partial charge in [-0.15, -0.1) is 0 Å². The van der Waals surface area contributed by atoms with E-state index < -0.39 is 6.04 Å². The van der Waals surface area contributed by atoms with Crippen molar-refractivity contribution in [2.75, 3.05) is 19.6 Å². The van der Waals surface area contributed by atoms with Crippen LogP contribution in [0, 0.1) is 5.92 Å². The van der Waals surface area contributed by atoms with E-state index in [0.29, 0.717) is 12.0 Å². The van der Waals surface area contributed by atoms with Crippen molar-refractivity contribution in [3.05, 3.63) is 0 Å². The zero-order chi connectivity index (χ0) is 12.1. The number of amides is 1. The normalized spacial score (nSPS) is 24.4. The summed E-state index contributed by atoms with van der Waals surface area (Å²) < 4.78 is 0. The number of carbonyl (C=O) groups is 1. The first-order valence-electron chi connectivity index (χ1n) is 6.28. The minimum Gasteiger partial charge on any atom is -0.354 e. The Kier molecular flexibility index (Phi) is 5.22. The minimum absolute atomic E-state index is 0.0401. The van der Waals surface area contributed by atoms with Gasteiger partial charge >= 0.3 is 0 Å². The molecule has 4 nitrogen and oxygen atoms in total. The Morgan fingerprint density at radius 3 is 2.75 bits per heavy atom. The Bertz CT molecular complexity index is 228. The fourth-order valence-corrected chi connectivity index (χ4v) is 2.14. The fourth-order valence-electron chi connectivity index (χ4n) is 2.14. The summed E-state index contributed by atoms with van der Waals surface area (Å²) in [5, 5.41) is 2.92. The molecule has 3 N–H and O–H groups in total. The maximum absolute atomic E-state index is 11.4. The van der Waals surface area contributed by atoms with E-state index in [-0.39, 0.29) is 5.91 Å². The molecule has 94 valence electrons. The van der Waals surface area contributed by atoms with Crippen molar-refractivity contribution in [2.45, 2.75) is 45.7 Å². The lowest BCUT2D eigenvalue weighted by Crippen LogP contribution is -2.46. The summed E-state index contributed by atoms with van der Waals surface area (Å²) in [6.45, 7) is 9.22. The Hall–Kier alpha value is -0.610. The molecule has 1 fully saturated rings. The molecule has 0 aromatic rings. The lowest BCUT2D eigenvalue weighted by molar-refractivity contribution is -0.122. The van der Waals surface area contributed by atoms with Crippen molar-refractivity contribution in [3.8, 4) is 0 Å². The zero-order valence-electron chi connectivity index (χ0n) is 10.7. The van der Waals surface area contributed by atoms with Crippen molar-refractivity contribution < 1.29 is 4.79 Å². The van der Waals surface area contributed by atoms with Gasteiger partial charge in [0.1, 0.15) is 0 Å². The smallest absolute Gasteiger partial charge is 0.236 e. The van der Waals surface area contributed by atoms with Crippen LogP contribution in [0.5, 0.6) is 0 Å². The fraction of sp³-hybridized carbons (Fsp3) is 0.917. The molecule has 1 rings (SSSR count). The monoisotopic (exact) mass is 227 g/mol. The quantitative estimate of drug-likeness (QED) is 0.738. The van der Waals surface area contributed by atoms with Crippen molar-refractivity contribution in [2.24, 2.45) is 11.7 Å². The molecule has 1 aliphatic heterocycles. The second-order valence-corrected chi connectivity index (χ2v) is 5.13. The molecule has 0 spiro atoms. The molecular weight excluding hydrogens is 202 g/mol. The van der Waals surface area contributed by atoms with Gasteiger partial charge in [0.25, 0.3) is 0 Å². The second kappa shape index (κ2) is 6.21. The van der Waals surface area contributed by atoms with E-state index in [1.54, 1.807) is 6.92 Å². The van der Waals surface area contributed by atoms with Gasteiger partial charge in [0.2, 0.25) is 5.91 Å². The number of nitrogens with zero attached hydrogens (tertiary/aromatic N) is 1. The average molecular weight is 227 g/mol. The molecule has 1 saturated heterocycles. The van der Waals surface area contributed by atoms with E-state index in [0.717, 1.165) is 13.1 Å². The summed E-state index contributed by atoms with van der Waals surface area (Å²) in [5.74, 6) is 0.542. The van der Waals surface area contributed by atoms with Gasteiger partial charge in [-0.1, -0.05) is 0 Å². The van der Waals surface area contributed by atoms with Gasteiger partial charge < -0.3 is 16.0 Å². The molecule has 0 aliphatic carbocycles. The van der Waals surface area contributed by atoms with Crippen molar-refractivity contribution >= 4 is 5.91 Å². The number of rotatable bonds is 4. The third-order valence-electron chi connectivity index (χ3n) is 3.26. The van der Waals surface area contributed by atoms with E-state index in [9.17, 15) is 4.79 Å². The Balaban J connectivity index is 2.29. The van der Waals surface area contributed by atoms with Crippen LogP contribution in [0.2, 0.25) is 0 Å². The number of hydrogen-bond donors (Lipinski definition) is 2. The molecule has 0 radical (unpaired) electrons. The number of nitrogens with one attached hydrogen (secondary N) is 1. The number of piperidine rings is 1. The van der Waals surface area contributed by atoms with Crippen LogP contribution in [0.1, 0.15) is 33.6 Å². The highest BCUT2D eigenvalue weighted by molar-refractivity contribution is 5.80. The maximum atomic E-state index is 11.4. The van der Waals surface area contributed by atoms with Crippen LogP contribution >= 0.6 is 0 Å². The van der Waals surface area contributed by atoms with Crippen LogP contribution in [0.15, 0.2) is 0 Å². The third-order valence-corrected chi connectivity index (χ3v) is 3.26. The molecule has 4 heteroatoms. The first-order valence-corrected chi connectivity index (χ1v) is 6.28. The van der Waals surface area contributed by atoms with E-state index >= 15 is 0 Å². The van der Waals surface area contributed by atoms with E-state index in [1.165, 1.54) is 19.4 Å². The summed E-state index contributed by atoms with van der Waals surface area (Å²) in [6.07, 6.45) is 2.44. The molecule has 1 heterocycles. The Morgan fingerprint density at radius 1 is 1.50 bits per heavy atom. The Labute approximate surface area is 98.6 Å². The number of hydrogen-bond acceptors (Lipinski definition) is 3. The zero-order valence-corrected chi connectivity index (χ0v) is 10.7. The van der Waals surface area contributed by atoms with Crippen molar-refractivity contribution in [1.29, 1.82) is 0 Å². The second-order valence-electron chi connectivity index (χ2n) is 5.13. The van der Waals surface area contributed by atoms with E-state index in [4.69, 9.17) is 5.73 Å². The first-order chi connectivity index (χ1) is 7.50. The van der Waals surface area contributed by atoms with Crippen LogP contribution in [0.4, 0.5) is 0 Å². The predicted molar refractivity (Wildman–Crippen MR) is 66.1 cm³/mol. The summed E-state index contributed by atoms with van der Waals surface area (Å²) in [7, 11) is 0. The molecule has 2 unspecified atom stereocenters. The molecule has 1 amide bonds. The van der Waals surface area contributed by atoms with Crippen LogP contribution in [-0.4, -0.2) is 42.5 Å². The molecule has 16 heavy (non-hydrogen) atoms. The van der Waals surface area contributed by atoms with Gasteiger partial charge in [-0.2, -0.15) is 0 Å². The first kappa shape index (κ1) is 13.5. The van der Waals surface area contributed by atoms with Crippen LogP contribution in [-0.2, 0) is 4.79 Å². The molecule has 1 aliphatic rings. The summed E-state index contributed by atoms with van der Waals surface area (Å²) in [6, 6.07) is 0.205. The van der Waals surface area contributed by atoms with E-state index in [2.05, 4.69) is 24.1 Å². The molecule has 0 bridgehead atoms. The van der Waals surface area contributed by atoms with Crippen molar-refractivity contribution in [1.82, 2.24) is 10.2 Å². The van der Waals surface area contributed by atoms with Gasteiger partial charge in [-0.3, -0.25) is 4.79 Å². The SMILES string of the molecule is CC(N)C(=O)NCC1CCCN(C(C)C)C1. The Morgan fingerprint density at radius 2 is 2.19 bits per heavy atom. The lowest BCUT2D eigenvalue weighted by atomic mass is 9.97. The highest BCUT2D eigenvalue weighted by Crippen LogP contribution is 2.17. The van der Waals surface area contributed by atoms with Crippen LogP contribution < -0.4 is 11.1 Å². The number of nitrogens with two attached hydrogens (primary N) is 1. The number of likely N-dealkylation sites (tertiary alicyclic amines) is 1. The van der Waals surface area contributed by atoms with Crippen LogP contribution in [0.25, 0.3) is 0 Å².